The van der Waals surface area contributed by atoms with E-state index >= 15 is 0 Å². The molecule has 1 aliphatic rings. The summed E-state index contributed by atoms with van der Waals surface area (Å²) < 4.78 is 4.54. The smallest absolute Gasteiger partial charge is 0.317 e. The molecule has 1 rings (SSSR count). The molecule has 11 heavy (non-hydrogen) atoms. The number of rotatable bonds is 2. The maximum absolute atomic E-state index is 11.1. The van der Waals surface area contributed by atoms with E-state index in [0.717, 1.165) is 0 Å². The largest absolute Gasteiger partial charge is 0.468 e. The molecule has 0 aromatic rings. The minimum Gasteiger partial charge on any atom is -0.468 e. The van der Waals surface area contributed by atoms with Crippen LogP contribution in [-0.4, -0.2) is 13.1 Å². The van der Waals surface area contributed by atoms with Crippen molar-refractivity contribution in [1.29, 1.82) is 5.26 Å². The molecule has 3 heteroatoms. The lowest BCUT2D eigenvalue weighted by Gasteiger charge is -2.05. The fraction of sp³-hybridized carbons (Fsp3) is 0.500. The molecular formula is C8H9NO2. The van der Waals surface area contributed by atoms with Gasteiger partial charge in [-0.3, -0.25) is 4.79 Å². The number of ether oxygens (including phenoxy) is 1. The van der Waals surface area contributed by atoms with Crippen molar-refractivity contribution < 1.29 is 9.53 Å². The Labute approximate surface area is 65.3 Å². The molecule has 0 aromatic heterocycles. The summed E-state index contributed by atoms with van der Waals surface area (Å²) in [6.45, 7) is 3.51. The van der Waals surface area contributed by atoms with E-state index in [9.17, 15) is 4.79 Å². The molecule has 0 unspecified atom stereocenters. The molecule has 1 aliphatic carbocycles. The third-order valence-electron chi connectivity index (χ3n) is 2.09. The number of hydrogen-bond donors (Lipinski definition) is 0. The number of nitriles is 1. The summed E-state index contributed by atoms with van der Waals surface area (Å²) in [5, 5.41) is 8.51. The summed E-state index contributed by atoms with van der Waals surface area (Å²) in [4.78, 5) is 11.1. The maximum atomic E-state index is 11.1. The quantitative estimate of drug-likeness (QED) is 0.434. The molecule has 0 heterocycles. The van der Waals surface area contributed by atoms with Crippen LogP contribution in [0.5, 0.6) is 0 Å². The van der Waals surface area contributed by atoms with Crippen LogP contribution in [0.4, 0.5) is 0 Å². The monoisotopic (exact) mass is 151 g/mol. The van der Waals surface area contributed by atoms with Gasteiger partial charge in [0.15, 0.2) is 0 Å². The van der Waals surface area contributed by atoms with E-state index < -0.39 is 5.41 Å². The van der Waals surface area contributed by atoms with E-state index in [1.165, 1.54) is 13.2 Å². The molecule has 0 amide bonds. The second-order valence-corrected chi connectivity index (χ2v) is 2.62. The van der Waals surface area contributed by atoms with Crippen molar-refractivity contribution in [1.82, 2.24) is 0 Å². The molecule has 2 atom stereocenters. The highest BCUT2D eigenvalue weighted by molar-refractivity contribution is 5.83. The van der Waals surface area contributed by atoms with Gasteiger partial charge in [0, 0.05) is 0 Å². The molecular weight excluding hydrogens is 142 g/mol. The van der Waals surface area contributed by atoms with E-state index in [1.54, 1.807) is 0 Å². The van der Waals surface area contributed by atoms with E-state index in [1.807, 2.05) is 6.07 Å². The number of nitrogens with zero attached hydrogens (tertiary/aromatic N) is 1. The lowest BCUT2D eigenvalue weighted by atomic mass is 10.1. The Bertz CT molecular complexity index is 241. The number of esters is 1. The van der Waals surface area contributed by atoms with Gasteiger partial charge in [-0.1, -0.05) is 6.08 Å². The fourth-order valence-corrected chi connectivity index (χ4v) is 1.16. The highest BCUT2D eigenvalue weighted by Crippen LogP contribution is 2.53. The minimum absolute atomic E-state index is 0.229. The Morgan fingerprint density at radius 2 is 2.64 bits per heavy atom. The molecule has 0 spiro atoms. The van der Waals surface area contributed by atoms with Crippen LogP contribution in [0.25, 0.3) is 0 Å². The molecule has 3 nitrogen and oxygen atoms in total. The fourth-order valence-electron chi connectivity index (χ4n) is 1.16. The van der Waals surface area contributed by atoms with Crippen molar-refractivity contribution in [3.63, 3.8) is 0 Å². The minimum atomic E-state index is -0.691. The number of methoxy groups -OCH3 is 1. The first-order valence-corrected chi connectivity index (χ1v) is 3.33. The molecule has 0 bridgehead atoms. The zero-order chi connectivity index (χ0) is 8.48. The van der Waals surface area contributed by atoms with Crippen molar-refractivity contribution in [2.45, 2.75) is 6.42 Å². The average molecular weight is 151 g/mol. The Morgan fingerprint density at radius 3 is 2.91 bits per heavy atom. The number of hydrogen-bond acceptors (Lipinski definition) is 3. The van der Waals surface area contributed by atoms with E-state index in [4.69, 9.17) is 5.26 Å². The van der Waals surface area contributed by atoms with Crippen LogP contribution in [0.3, 0.4) is 0 Å². The molecule has 0 N–H and O–H groups in total. The van der Waals surface area contributed by atoms with Crippen LogP contribution < -0.4 is 0 Å². The van der Waals surface area contributed by atoms with Crippen LogP contribution in [0.15, 0.2) is 12.7 Å². The molecule has 0 saturated heterocycles. The molecule has 1 fully saturated rings. The Hall–Kier alpha value is -1.30. The van der Waals surface area contributed by atoms with E-state index in [2.05, 4.69) is 11.3 Å². The Balaban J connectivity index is 2.76. The molecule has 0 aliphatic heterocycles. The zero-order valence-electron chi connectivity index (χ0n) is 6.33. The van der Waals surface area contributed by atoms with Gasteiger partial charge in [0.05, 0.1) is 19.1 Å². The third-order valence-corrected chi connectivity index (χ3v) is 2.09. The second-order valence-electron chi connectivity index (χ2n) is 2.62. The van der Waals surface area contributed by atoms with Gasteiger partial charge in [0.1, 0.15) is 5.41 Å². The average Bonchev–Trinajstić information content (AvgIpc) is 2.78. The summed E-state index contributed by atoms with van der Waals surface area (Å²) in [5.74, 6) is -0.577. The van der Waals surface area contributed by atoms with Gasteiger partial charge in [-0.05, 0) is 6.42 Å². The van der Waals surface area contributed by atoms with Gasteiger partial charge < -0.3 is 4.74 Å². The molecule has 0 aromatic carbocycles. The Morgan fingerprint density at radius 1 is 2.00 bits per heavy atom. The second kappa shape index (κ2) is 2.39. The van der Waals surface area contributed by atoms with Gasteiger partial charge in [-0.25, -0.2) is 0 Å². The topological polar surface area (TPSA) is 50.1 Å². The van der Waals surface area contributed by atoms with Crippen LogP contribution in [0.2, 0.25) is 0 Å². The van der Waals surface area contributed by atoms with Gasteiger partial charge >= 0.3 is 5.97 Å². The van der Waals surface area contributed by atoms with Gasteiger partial charge in [-0.15, -0.1) is 6.58 Å². The van der Waals surface area contributed by atoms with Crippen molar-refractivity contribution in [3.05, 3.63) is 12.7 Å². The number of carbonyl (C=O) groups excluding carboxylic acids is 1. The van der Waals surface area contributed by atoms with Gasteiger partial charge in [0.2, 0.25) is 0 Å². The van der Waals surface area contributed by atoms with Crippen molar-refractivity contribution in [2.24, 2.45) is 11.3 Å². The van der Waals surface area contributed by atoms with Gasteiger partial charge in [-0.2, -0.15) is 5.26 Å². The van der Waals surface area contributed by atoms with Crippen molar-refractivity contribution in [3.8, 4) is 6.07 Å². The van der Waals surface area contributed by atoms with Crippen molar-refractivity contribution >= 4 is 5.97 Å². The summed E-state index contributed by atoms with van der Waals surface area (Å²) in [7, 11) is 1.32. The maximum Gasteiger partial charge on any atom is 0.317 e. The summed E-state index contributed by atoms with van der Waals surface area (Å²) in [5.41, 5.74) is -0.691. The molecule has 1 saturated carbocycles. The molecule has 0 radical (unpaired) electrons. The lowest BCUT2D eigenvalue weighted by Crippen LogP contribution is -2.16. The first-order chi connectivity index (χ1) is 5.21. The normalized spacial score (nSPS) is 33.6. The summed E-state index contributed by atoms with van der Waals surface area (Å²) in [6.07, 6.45) is 2.06. The van der Waals surface area contributed by atoms with Crippen LogP contribution in [-0.2, 0) is 9.53 Å². The standard InChI is InChI=1S/C8H9NO2/c1-3-8(7(10)11-2)4-6(8)5-9/h3,6H,1,4H2,2H3/t6-,8+/m0/s1. The summed E-state index contributed by atoms with van der Waals surface area (Å²) in [6, 6.07) is 2.02. The van der Waals surface area contributed by atoms with Gasteiger partial charge in [0.25, 0.3) is 0 Å². The lowest BCUT2D eigenvalue weighted by molar-refractivity contribution is -0.145. The van der Waals surface area contributed by atoms with E-state index in [-0.39, 0.29) is 11.9 Å². The van der Waals surface area contributed by atoms with Crippen LogP contribution >= 0.6 is 0 Å². The predicted octanol–water partition coefficient (Wildman–Crippen LogP) is 0.875. The van der Waals surface area contributed by atoms with Crippen molar-refractivity contribution in [2.75, 3.05) is 7.11 Å². The first kappa shape index (κ1) is 7.80. The predicted molar refractivity (Wildman–Crippen MR) is 38.4 cm³/mol. The highest BCUT2D eigenvalue weighted by Gasteiger charge is 2.59. The zero-order valence-corrected chi connectivity index (χ0v) is 6.33. The SMILES string of the molecule is C=C[C@@]1(C(=O)OC)C[C@H]1C#N. The summed E-state index contributed by atoms with van der Waals surface area (Å²) >= 11 is 0. The third kappa shape index (κ3) is 0.911. The number of carbonyl (C=O) groups is 1. The Kier molecular flexibility index (Phi) is 1.69. The van der Waals surface area contributed by atoms with Crippen LogP contribution in [0.1, 0.15) is 6.42 Å². The van der Waals surface area contributed by atoms with Crippen LogP contribution in [0, 0.1) is 22.7 Å². The molecule has 58 valence electrons. The van der Waals surface area contributed by atoms with E-state index in [0.29, 0.717) is 6.42 Å². The first-order valence-electron chi connectivity index (χ1n) is 3.33. The highest BCUT2D eigenvalue weighted by atomic mass is 16.5.